The fourth-order valence-corrected chi connectivity index (χ4v) is 1.79. The Bertz CT molecular complexity index is 579. The Hall–Kier alpha value is -2.37. The number of rotatable bonds is 6. The molecule has 0 aliphatic heterocycles. The van der Waals surface area contributed by atoms with Gasteiger partial charge in [-0.1, -0.05) is 0 Å². The van der Waals surface area contributed by atoms with E-state index in [0.29, 0.717) is 24.0 Å². The first kappa shape index (κ1) is 12.7. The van der Waals surface area contributed by atoms with Gasteiger partial charge >= 0.3 is 0 Å². The maximum atomic E-state index is 11.8. The van der Waals surface area contributed by atoms with E-state index in [4.69, 9.17) is 4.74 Å². The third-order valence-corrected chi connectivity index (χ3v) is 3.16. The van der Waals surface area contributed by atoms with Crippen molar-refractivity contribution in [1.29, 1.82) is 0 Å². The standard InChI is InChI=1S/C14H16N4O2/c19-14(12-4-6-17-18-12)16-8-11-3-5-15-13(7-11)20-9-10-1-2-10/h3-7,10H,1-2,8-9H2,(H,16,19)(H,17,18). The highest BCUT2D eigenvalue weighted by Gasteiger charge is 2.22. The SMILES string of the molecule is O=C(NCc1ccnc(OCC2CC2)c1)c1ccn[nH]1. The van der Waals surface area contributed by atoms with Crippen LogP contribution in [0.2, 0.25) is 0 Å². The number of nitrogens with zero attached hydrogens (tertiary/aromatic N) is 2. The minimum atomic E-state index is -0.181. The zero-order valence-electron chi connectivity index (χ0n) is 11.0. The molecule has 1 fully saturated rings. The predicted molar refractivity (Wildman–Crippen MR) is 72.2 cm³/mol. The van der Waals surface area contributed by atoms with Gasteiger partial charge in [0.2, 0.25) is 5.88 Å². The first-order valence-corrected chi connectivity index (χ1v) is 6.66. The van der Waals surface area contributed by atoms with E-state index in [0.717, 1.165) is 12.2 Å². The van der Waals surface area contributed by atoms with Crippen LogP contribution in [-0.2, 0) is 6.54 Å². The molecule has 0 radical (unpaired) electrons. The second kappa shape index (κ2) is 5.73. The lowest BCUT2D eigenvalue weighted by Gasteiger charge is -2.07. The molecule has 1 saturated carbocycles. The molecule has 0 aromatic carbocycles. The van der Waals surface area contributed by atoms with Gasteiger partial charge in [0.15, 0.2) is 0 Å². The Morgan fingerprint density at radius 3 is 3.05 bits per heavy atom. The second-order valence-electron chi connectivity index (χ2n) is 4.91. The van der Waals surface area contributed by atoms with Crippen LogP contribution in [-0.4, -0.2) is 27.7 Å². The van der Waals surface area contributed by atoms with E-state index >= 15 is 0 Å². The van der Waals surface area contributed by atoms with E-state index in [1.165, 1.54) is 12.8 Å². The lowest BCUT2D eigenvalue weighted by atomic mass is 10.2. The summed E-state index contributed by atoms with van der Waals surface area (Å²) in [6, 6.07) is 5.35. The van der Waals surface area contributed by atoms with Gasteiger partial charge in [-0.05, 0) is 36.5 Å². The van der Waals surface area contributed by atoms with E-state index < -0.39 is 0 Å². The Morgan fingerprint density at radius 2 is 2.30 bits per heavy atom. The molecule has 0 spiro atoms. The molecule has 0 atom stereocenters. The zero-order valence-corrected chi connectivity index (χ0v) is 11.0. The number of ether oxygens (including phenoxy) is 1. The maximum Gasteiger partial charge on any atom is 0.269 e. The van der Waals surface area contributed by atoms with E-state index in [1.807, 2.05) is 12.1 Å². The molecule has 6 nitrogen and oxygen atoms in total. The van der Waals surface area contributed by atoms with Gasteiger partial charge in [0.1, 0.15) is 5.69 Å². The summed E-state index contributed by atoms with van der Waals surface area (Å²) in [5, 5.41) is 9.18. The summed E-state index contributed by atoms with van der Waals surface area (Å²) < 4.78 is 5.61. The number of amides is 1. The number of carbonyl (C=O) groups is 1. The van der Waals surface area contributed by atoms with Crippen LogP contribution in [0.15, 0.2) is 30.6 Å². The summed E-state index contributed by atoms with van der Waals surface area (Å²) >= 11 is 0. The van der Waals surface area contributed by atoms with E-state index in [2.05, 4.69) is 20.5 Å². The molecule has 0 bridgehead atoms. The minimum absolute atomic E-state index is 0.181. The lowest BCUT2D eigenvalue weighted by molar-refractivity contribution is 0.0946. The summed E-state index contributed by atoms with van der Waals surface area (Å²) in [7, 11) is 0. The molecular weight excluding hydrogens is 256 g/mol. The van der Waals surface area contributed by atoms with Crippen molar-refractivity contribution in [3.63, 3.8) is 0 Å². The van der Waals surface area contributed by atoms with Crippen LogP contribution in [0.25, 0.3) is 0 Å². The monoisotopic (exact) mass is 272 g/mol. The number of nitrogens with one attached hydrogen (secondary N) is 2. The highest BCUT2D eigenvalue weighted by atomic mass is 16.5. The van der Waals surface area contributed by atoms with Crippen molar-refractivity contribution < 1.29 is 9.53 Å². The van der Waals surface area contributed by atoms with Crippen molar-refractivity contribution in [2.45, 2.75) is 19.4 Å². The highest BCUT2D eigenvalue weighted by molar-refractivity contribution is 5.91. The third-order valence-electron chi connectivity index (χ3n) is 3.16. The number of hydrogen-bond acceptors (Lipinski definition) is 4. The topological polar surface area (TPSA) is 79.9 Å². The number of pyridine rings is 1. The summed E-state index contributed by atoms with van der Waals surface area (Å²) in [6.45, 7) is 1.16. The van der Waals surface area contributed by atoms with Crippen molar-refractivity contribution >= 4 is 5.91 Å². The van der Waals surface area contributed by atoms with Crippen LogP contribution in [0.1, 0.15) is 28.9 Å². The van der Waals surface area contributed by atoms with Gasteiger partial charge in [-0.2, -0.15) is 5.10 Å². The average molecular weight is 272 g/mol. The number of H-pyrrole nitrogens is 1. The Morgan fingerprint density at radius 1 is 1.40 bits per heavy atom. The second-order valence-corrected chi connectivity index (χ2v) is 4.91. The molecule has 0 saturated heterocycles. The molecule has 2 aromatic rings. The molecule has 3 rings (SSSR count). The first-order valence-electron chi connectivity index (χ1n) is 6.66. The highest BCUT2D eigenvalue weighted by Crippen LogP contribution is 2.29. The number of hydrogen-bond donors (Lipinski definition) is 2. The van der Waals surface area contributed by atoms with Crippen LogP contribution in [0.4, 0.5) is 0 Å². The first-order chi connectivity index (χ1) is 9.81. The smallest absolute Gasteiger partial charge is 0.269 e. The minimum Gasteiger partial charge on any atom is -0.477 e. The maximum absolute atomic E-state index is 11.8. The zero-order chi connectivity index (χ0) is 13.8. The Balaban J connectivity index is 1.53. The van der Waals surface area contributed by atoms with Crippen LogP contribution in [0.3, 0.4) is 0 Å². The van der Waals surface area contributed by atoms with Crippen LogP contribution < -0.4 is 10.1 Å². The van der Waals surface area contributed by atoms with E-state index in [9.17, 15) is 4.79 Å². The molecule has 1 aliphatic carbocycles. The number of aromatic amines is 1. The summed E-state index contributed by atoms with van der Waals surface area (Å²) in [5.74, 6) is 1.13. The largest absolute Gasteiger partial charge is 0.477 e. The van der Waals surface area contributed by atoms with Gasteiger partial charge < -0.3 is 10.1 Å². The van der Waals surface area contributed by atoms with Crippen molar-refractivity contribution in [2.24, 2.45) is 5.92 Å². The van der Waals surface area contributed by atoms with E-state index in [1.54, 1.807) is 18.5 Å². The molecule has 2 N–H and O–H groups in total. The fraction of sp³-hybridized carbons (Fsp3) is 0.357. The normalized spacial score (nSPS) is 14.0. The molecule has 1 amide bonds. The molecule has 104 valence electrons. The summed E-state index contributed by atoms with van der Waals surface area (Å²) in [5.41, 5.74) is 1.41. The van der Waals surface area contributed by atoms with Gasteiger partial charge in [0, 0.05) is 25.0 Å². The van der Waals surface area contributed by atoms with Crippen molar-refractivity contribution in [3.05, 3.63) is 41.9 Å². The van der Waals surface area contributed by atoms with Crippen molar-refractivity contribution in [1.82, 2.24) is 20.5 Å². The molecule has 2 heterocycles. The van der Waals surface area contributed by atoms with Crippen LogP contribution in [0, 0.1) is 5.92 Å². The van der Waals surface area contributed by atoms with Crippen LogP contribution in [0.5, 0.6) is 5.88 Å². The average Bonchev–Trinajstić information content (AvgIpc) is 3.14. The molecular formula is C14H16N4O2. The lowest BCUT2D eigenvalue weighted by Crippen LogP contribution is -2.23. The van der Waals surface area contributed by atoms with Crippen LogP contribution >= 0.6 is 0 Å². The molecule has 20 heavy (non-hydrogen) atoms. The fourth-order valence-electron chi connectivity index (χ4n) is 1.79. The number of carbonyl (C=O) groups excluding carboxylic acids is 1. The Kier molecular flexibility index (Phi) is 3.62. The third kappa shape index (κ3) is 3.34. The molecule has 6 heteroatoms. The van der Waals surface area contributed by atoms with Gasteiger partial charge in [0.05, 0.1) is 6.61 Å². The molecule has 0 unspecified atom stereocenters. The van der Waals surface area contributed by atoms with Crippen molar-refractivity contribution in [3.8, 4) is 5.88 Å². The van der Waals surface area contributed by atoms with E-state index in [-0.39, 0.29) is 5.91 Å². The van der Waals surface area contributed by atoms with Gasteiger partial charge in [-0.3, -0.25) is 9.89 Å². The van der Waals surface area contributed by atoms with Gasteiger partial charge in [-0.15, -0.1) is 0 Å². The summed E-state index contributed by atoms with van der Waals surface area (Å²) in [6.07, 6.45) is 5.74. The molecule has 2 aromatic heterocycles. The summed E-state index contributed by atoms with van der Waals surface area (Å²) in [4.78, 5) is 15.9. The van der Waals surface area contributed by atoms with Gasteiger partial charge in [0.25, 0.3) is 5.91 Å². The number of aromatic nitrogens is 3. The molecule has 1 aliphatic rings. The quantitative estimate of drug-likeness (QED) is 0.835. The van der Waals surface area contributed by atoms with Crippen molar-refractivity contribution in [2.75, 3.05) is 6.61 Å². The Labute approximate surface area is 116 Å². The van der Waals surface area contributed by atoms with Gasteiger partial charge in [-0.25, -0.2) is 4.98 Å². The predicted octanol–water partition coefficient (Wildman–Crippen LogP) is 1.52.